The number of rotatable bonds is 11. The SMILES string of the molecule is COc1ccc(C(C)(C)[C@@H]2[C@@H](CCn3cc(CCO)nn3)O[C@]3(C(=O)N(Cc4cccc(N5C(=O)COc6ccccc65)c4)c4ccccc43)[C@H]2C)cc1. The number of ether oxygens (including phenoxy) is 3. The summed E-state index contributed by atoms with van der Waals surface area (Å²) in [6, 6.07) is 31.4. The predicted octanol–water partition coefficient (Wildman–Crippen LogP) is 6.34. The molecule has 1 spiro atoms. The smallest absolute Gasteiger partial charge is 0.269 e. The first-order chi connectivity index (χ1) is 26.1. The van der Waals surface area contributed by atoms with Crippen LogP contribution in [-0.2, 0) is 44.9 Å². The molecular formula is C43H45N5O6. The molecule has 0 aliphatic carbocycles. The van der Waals surface area contributed by atoms with Crippen molar-refractivity contribution in [3.63, 3.8) is 0 Å². The van der Waals surface area contributed by atoms with Crippen molar-refractivity contribution in [2.45, 2.75) is 63.8 Å². The molecule has 0 bridgehead atoms. The van der Waals surface area contributed by atoms with Gasteiger partial charge in [0.2, 0.25) is 0 Å². The lowest BCUT2D eigenvalue weighted by Gasteiger charge is -2.38. The summed E-state index contributed by atoms with van der Waals surface area (Å²) in [6.07, 6.45) is 2.59. The first-order valence-electron chi connectivity index (χ1n) is 18.5. The van der Waals surface area contributed by atoms with Crippen molar-refractivity contribution in [1.82, 2.24) is 15.0 Å². The highest BCUT2D eigenvalue weighted by Gasteiger charge is 2.65. The van der Waals surface area contributed by atoms with Gasteiger partial charge in [-0.3, -0.25) is 19.2 Å². The zero-order chi connectivity index (χ0) is 37.6. The van der Waals surface area contributed by atoms with E-state index in [9.17, 15) is 9.90 Å². The van der Waals surface area contributed by atoms with E-state index in [-0.39, 0.29) is 43.0 Å². The normalized spacial score (nSPS) is 22.1. The molecule has 54 heavy (non-hydrogen) atoms. The molecule has 1 fully saturated rings. The third-order valence-electron chi connectivity index (χ3n) is 11.6. The Morgan fingerprint density at radius 3 is 2.50 bits per heavy atom. The van der Waals surface area contributed by atoms with Crippen LogP contribution in [0, 0.1) is 11.8 Å². The van der Waals surface area contributed by atoms with E-state index in [1.165, 1.54) is 0 Å². The number of hydrogen-bond acceptors (Lipinski definition) is 8. The Kier molecular flexibility index (Phi) is 9.23. The number of aryl methyl sites for hydroxylation is 1. The largest absolute Gasteiger partial charge is 0.497 e. The third kappa shape index (κ3) is 5.92. The number of nitrogens with zero attached hydrogens (tertiary/aromatic N) is 5. The quantitative estimate of drug-likeness (QED) is 0.168. The van der Waals surface area contributed by atoms with Crippen LogP contribution in [0.15, 0.2) is 103 Å². The van der Waals surface area contributed by atoms with Gasteiger partial charge in [-0.25, -0.2) is 0 Å². The number of aliphatic hydroxyl groups excluding tert-OH is 1. The van der Waals surface area contributed by atoms with Gasteiger partial charge in [-0.2, -0.15) is 0 Å². The number of carbonyl (C=O) groups is 2. The molecule has 4 heterocycles. The second kappa shape index (κ2) is 14.0. The number of carbonyl (C=O) groups excluding carboxylic acids is 2. The second-order valence-corrected chi connectivity index (χ2v) is 15.0. The lowest BCUT2D eigenvalue weighted by Crippen LogP contribution is -2.45. The maximum Gasteiger partial charge on any atom is 0.269 e. The minimum absolute atomic E-state index is 0.00417. The van der Waals surface area contributed by atoms with Crippen LogP contribution in [0.1, 0.15) is 49.6 Å². The fraction of sp³-hybridized carbons (Fsp3) is 0.349. The summed E-state index contributed by atoms with van der Waals surface area (Å²) in [7, 11) is 1.66. The van der Waals surface area contributed by atoms with Crippen LogP contribution in [0.3, 0.4) is 0 Å². The third-order valence-corrected chi connectivity index (χ3v) is 11.6. The number of methoxy groups -OCH3 is 1. The van der Waals surface area contributed by atoms with Gasteiger partial charge in [0.25, 0.3) is 11.8 Å². The Hall–Kier alpha value is -5.52. The summed E-state index contributed by atoms with van der Waals surface area (Å²) in [4.78, 5) is 32.0. The first kappa shape index (κ1) is 35.5. The van der Waals surface area contributed by atoms with Crippen LogP contribution in [0.5, 0.6) is 11.5 Å². The highest BCUT2D eigenvalue weighted by Crippen LogP contribution is 2.60. The molecule has 1 aromatic heterocycles. The van der Waals surface area contributed by atoms with Gasteiger partial charge in [-0.15, -0.1) is 5.10 Å². The van der Waals surface area contributed by atoms with Crippen LogP contribution in [0.4, 0.5) is 17.1 Å². The summed E-state index contributed by atoms with van der Waals surface area (Å²) >= 11 is 0. The van der Waals surface area contributed by atoms with Crippen molar-refractivity contribution in [2.24, 2.45) is 11.8 Å². The van der Waals surface area contributed by atoms with Crippen molar-refractivity contribution in [3.05, 3.63) is 126 Å². The summed E-state index contributed by atoms with van der Waals surface area (Å²) in [5.74, 6) is 0.888. The van der Waals surface area contributed by atoms with Gasteiger partial charge < -0.3 is 24.2 Å². The highest BCUT2D eigenvalue weighted by atomic mass is 16.5. The molecule has 8 rings (SSSR count). The van der Waals surface area contributed by atoms with Crippen LogP contribution in [0.2, 0.25) is 0 Å². The van der Waals surface area contributed by atoms with Gasteiger partial charge in [0.1, 0.15) is 11.5 Å². The van der Waals surface area contributed by atoms with Gasteiger partial charge in [-0.05, 0) is 65.4 Å². The zero-order valence-electron chi connectivity index (χ0n) is 31.0. The Bertz CT molecular complexity index is 2180. The monoisotopic (exact) mass is 727 g/mol. The van der Waals surface area contributed by atoms with Crippen molar-refractivity contribution in [1.29, 1.82) is 0 Å². The fourth-order valence-corrected chi connectivity index (χ4v) is 8.99. The number of aromatic nitrogens is 3. The van der Waals surface area contributed by atoms with Gasteiger partial charge in [0.15, 0.2) is 12.2 Å². The maximum absolute atomic E-state index is 15.2. The molecule has 11 heteroatoms. The van der Waals surface area contributed by atoms with Gasteiger partial charge in [0.05, 0.1) is 36.8 Å². The first-order valence-corrected chi connectivity index (χ1v) is 18.5. The molecule has 0 unspecified atom stereocenters. The molecule has 2 amide bonds. The lowest BCUT2D eigenvalue weighted by molar-refractivity contribution is -0.146. The Labute approximate surface area is 315 Å². The molecule has 1 saturated heterocycles. The van der Waals surface area contributed by atoms with E-state index in [0.29, 0.717) is 43.1 Å². The van der Waals surface area contributed by atoms with Crippen molar-refractivity contribution < 1.29 is 28.9 Å². The molecule has 0 radical (unpaired) electrons. The number of aliphatic hydroxyl groups is 1. The van der Waals surface area contributed by atoms with Crippen LogP contribution in [-0.4, -0.2) is 58.3 Å². The van der Waals surface area contributed by atoms with Gasteiger partial charge in [0, 0.05) is 48.9 Å². The average molecular weight is 728 g/mol. The van der Waals surface area contributed by atoms with E-state index >= 15 is 4.79 Å². The van der Waals surface area contributed by atoms with Crippen LogP contribution in [0.25, 0.3) is 0 Å². The van der Waals surface area contributed by atoms with E-state index in [4.69, 9.17) is 14.2 Å². The maximum atomic E-state index is 15.2. The predicted molar refractivity (Wildman–Crippen MR) is 204 cm³/mol. The number of para-hydroxylation sites is 3. The molecule has 278 valence electrons. The minimum atomic E-state index is -1.23. The van der Waals surface area contributed by atoms with Crippen LogP contribution >= 0.6 is 0 Å². The Morgan fingerprint density at radius 1 is 0.963 bits per heavy atom. The van der Waals surface area contributed by atoms with E-state index in [1.807, 2.05) is 96.0 Å². The summed E-state index contributed by atoms with van der Waals surface area (Å²) in [6.45, 7) is 7.42. The van der Waals surface area contributed by atoms with Gasteiger partial charge >= 0.3 is 0 Å². The summed E-state index contributed by atoms with van der Waals surface area (Å²) in [5.41, 5.74) is 4.19. The highest BCUT2D eigenvalue weighted by molar-refractivity contribution is 6.08. The number of amides is 2. The minimum Gasteiger partial charge on any atom is -0.497 e. The number of fused-ring (bicyclic) bond motifs is 3. The van der Waals surface area contributed by atoms with Crippen LogP contribution < -0.4 is 19.3 Å². The van der Waals surface area contributed by atoms with Crippen molar-refractivity contribution in [3.8, 4) is 11.5 Å². The summed E-state index contributed by atoms with van der Waals surface area (Å²) in [5, 5.41) is 18.0. The van der Waals surface area contributed by atoms with Crippen molar-refractivity contribution >= 4 is 28.9 Å². The summed E-state index contributed by atoms with van der Waals surface area (Å²) < 4.78 is 20.2. The number of benzene rings is 4. The van der Waals surface area contributed by atoms with E-state index in [0.717, 1.165) is 33.8 Å². The van der Waals surface area contributed by atoms with E-state index in [1.54, 1.807) is 16.7 Å². The average Bonchev–Trinajstić information content (AvgIpc) is 3.84. The molecule has 11 nitrogen and oxygen atoms in total. The molecule has 1 N–H and O–H groups in total. The topological polar surface area (TPSA) is 119 Å². The number of hydrogen-bond donors (Lipinski definition) is 1. The fourth-order valence-electron chi connectivity index (χ4n) is 8.99. The Balaban J connectivity index is 1.15. The van der Waals surface area contributed by atoms with E-state index in [2.05, 4.69) is 43.2 Å². The molecule has 0 saturated carbocycles. The molecule has 5 aromatic rings. The van der Waals surface area contributed by atoms with Gasteiger partial charge in [-0.1, -0.05) is 80.6 Å². The standard InChI is InChI=1S/C43H45N5O6/c1-28-40(42(2,3)30-16-18-33(52-4)19-17-30)38(20-22-46-26-31(21-23-49)44-45-46)54-43(28)34-12-5-6-13-35(34)47(41(43)51)25-29-10-9-11-32(24-29)48-36-14-7-8-15-37(36)53-27-39(48)50/h5-19,24,26,28,38,40,49H,20-23,25,27H2,1-4H3/t28-,38+,40-,43+/m0/s1. The molecule has 4 aromatic carbocycles. The molecule has 3 aliphatic heterocycles. The Morgan fingerprint density at radius 2 is 1.72 bits per heavy atom. The van der Waals surface area contributed by atoms with Crippen molar-refractivity contribution in [2.75, 3.05) is 30.1 Å². The lowest BCUT2D eigenvalue weighted by atomic mass is 9.63. The zero-order valence-corrected chi connectivity index (χ0v) is 31.0. The molecule has 3 aliphatic rings. The number of anilines is 3. The second-order valence-electron chi connectivity index (χ2n) is 15.0. The van der Waals surface area contributed by atoms with E-state index < -0.39 is 11.0 Å². The molecular weight excluding hydrogens is 683 g/mol. The molecule has 4 atom stereocenters.